The van der Waals surface area contributed by atoms with Gasteiger partial charge in [-0.2, -0.15) is 0 Å². The Bertz CT molecular complexity index is 700. The van der Waals surface area contributed by atoms with E-state index in [1.165, 1.54) is 12.1 Å². The molecule has 1 fully saturated rings. The highest BCUT2D eigenvalue weighted by atomic mass is 32.2. The van der Waals surface area contributed by atoms with Crippen LogP contribution in [0.1, 0.15) is 62.7 Å². The Kier molecular flexibility index (Phi) is 8.73. The molecule has 6 nitrogen and oxygen atoms in total. The number of carbonyl (C=O) groups is 1. The molecule has 7 heteroatoms. The number of benzene rings is 1. The van der Waals surface area contributed by atoms with E-state index >= 15 is 0 Å². The number of ether oxygens (including phenoxy) is 1. The predicted octanol–water partition coefficient (Wildman–Crippen LogP) is 3.09. The normalized spacial score (nSPS) is 18.4. The van der Waals surface area contributed by atoms with Gasteiger partial charge in [0.2, 0.25) is 10.0 Å². The van der Waals surface area contributed by atoms with Gasteiger partial charge in [0, 0.05) is 25.3 Å². The monoisotopic (exact) mass is 396 g/mol. The van der Waals surface area contributed by atoms with Gasteiger partial charge in [0.15, 0.2) is 0 Å². The van der Waals surface area contributed by atoms with E-state index in [0.29, 0.717) is 24.6 Å². The lowest BCUT2D eigenvalue weighted by molar-refractivity contribution is 0.0945. The number of amides is 1. The molecule has 0 radical (unpaired) electrons. The summed E-state index contributed by atoms with van der Waals surface area (Å²) in [4.78, 5) is 12.5. The van der Waals surface area contributed by atoms with Crippen molar-refractivity contribution in [2.45, 2.75) is 63.4 Å². The highest BCUT2D eigenvalue weighted by Crippen LogP contribution is 2.15. The van der Waals surface area contributed by atoms with Crippen molar-refractivity contribution in [3.8, 4) is 0 Å². The molecule has 0 aliphatic carbocycles. The van der Waals surface area contributed by atoms with Gasteiger partial charge < -0.3 is 10.1 Å². The topological polar surface area (TPSA) is 84.5 Å². The lowest BCUT2D eigenvalue weighted by Gasteiger charge is -2.15. The van der Waals surface area contributed by atoms with Crippen LogP contribution in [0.15, 0.2) is 29.2 Å². The average Bonchev–Trinajstić information content (AvgIpc) is 3.20. The van der Waals surface area contributed by atoms with Crippen molar-refractivity contribution in [1.82, 2.24) is 10.0 Å². The molecule has 2 unspecified atom stereocenters. The molecule has 1 aliphatic heterocycles. The Morgan fingerprint density at radius 1 is 1.33 bits per heavy atom. The fraction of sp³-hybridized carbons (Fsp3) is 0.650. The van der Waals surface area contributed by atoms with E-state index < -0.39 is 10.0 Å². The Morgan fingerprint density at radius 2 is 2.15 bits per heavy atom. The summed E-state index contributed by atoms with van der Waals surface area (Å²) in [5.41, 5.74) is 0.361. The largest absolute Gasteiger partial charge is 0.377 e. The Labute approximate surface area is 163 Å². The quantitative estimate of drug-likeness (QED) is 0.602. The van der Waals surface area contributed by atoms with Crippen LogP contribution in [0.4, 0.5) is 0 Å². The van der Waals surface area contributed by atoms with Crippen LogP contribution in [0.2, 0.25) is 0 Å². The summed E-state index contributed by atoms with van der Waals surface area (Å²) >= 11 is 0. The number of hydrogen-bond acceptors (Lipinski definition) is 4. The van der Waals surface area contributed by atoms with E-state index in [9.17, 15) is 13.2 Å². The first-order chi connectivity index (χ1) is 13.0. The molecule has 1 saturated heterocycles. The van der Waals surface area contributed by atoms with E-state index in [0.717, 1.165) is 38.5 Å². The van der Waals surface area contributed by atoms with Gasteiger partial charge in [0.1, 0.15) is 0 Å². The molecule has 152 valence electrons. The smallest absolute Gasteiger partial charge is 0.251 e. The van der Waals surface area contributed by atoms with Crippen LogP contribution >= 0.6 is 0 Å². The van der Waals surface area contributed by atoms with Crippen LogP contribution in [0.3, 0.4) is 0 Å². The molecule has 1 aromatic rings. The molecule has 2 atom stereocenters. The first-order valence-electron chi connectivity index (χ1n) is 9.95. The van der Waals surface area contributed by atoms with Crippen LogP contribution in [0, 0.1) is 5.92 Å². The van der Waals surface area contributed by atoms with E-state index in [2.05, 4.69) is 23.9 Å². The number of carbonyl (C=O) groups excluding carboxylic acids is 1. The zero-order chi connectivity index (χ0) is 19.7. The third kappa shape index (κ3) is 6.90. The SMILES string of the molecule is CCCCC(CC)CNC(=O)c1cccc(S(=O)(=O)NCC2CCCO2)c1. The molecular weight excluding hydrogens is 364 g/mol. The second-order valence-electron chi connectivity index (χ2n) is 7.14. The number of unbranched alkanes of at least 4 members (excludes halogenated alkanes) is 1. The summed E-state index contributed by atoms with van der Waals surface area (Å²) in [7, 11) is -3.66. The first-order valence-corrected chi connectivity index (χ1v) is 11.4. The van der Waals surface area contributed by atoms with E-state index in [-0.39, 0.29) is 23.5 Å². The summed E-state index contributed by atoms with van der Waals surface area (Å²) in [5, 5.41) is 2.94. The van der Waals surface area contributed by atoms with Crippen molar-refractivity contribution in [2.75, 3.05) is 19.7 Å². The zero-order valence-electron chi connectivity index (χ0n) is 16.4. The second-order valence-corrected chi connectivity index (χ2v) is 8.91. The van der Waals surface area contributed by atoms with E-state index in [1.807, 2.05) is 0 Å². The average molecular weight is 397 g/mol. The summed E-state index contributed by atoms with van der Waals surface area (Å²) in [5.74, 6) is 0.218. The number of hydrogen-bond donors (Lipinski definition) is 2. The molecule has 0 saturated carbocycles. The molecule has 0 bridgehead atoms. The maximum atomic E-state index is 12.5. The van der Waals surface area contributed by atoms with Crippen LogP contribution in [-0.2, 0) is 14.8 Å². The number of sulfonamides is 1. The summed E-state index contributed by atoms with van der Waals surface area (Å²) in [6, 6.07) is 6.18. The van der Waals surface area contributed by atoms with Crippen molar-refractivity contribution < 1.29 is 17.9 Å². The number of nitrogens with one attached hydrogen (secondary N) is 2. The van der Waals surface area contributed by atoms with Crippen molar-refractivity contribution >= 4 is 15.9 Å². The summed E-state index contributed by atoms with van der Waals surface area (Å²) < 4.78 is 33.0. The highest BCUT2D eigenvalue weighted by Gasteiger charge is 2.21. The van der Waals surface area contributed by atoms with Crippen molar-refractivity contribution in [3.63, 3.8) is 0 Å². The molecule has 27 heavy (non-hydrogen) atoms. The third-order valence-corrected chi connectivity index (χ3v) is 6.45. The van der Waals surface area contributed by atoms with Crippen molar-refractivity contribution in [3.05, 3.63) is 29.8 Å². The van der Waals surface area contributed by atoms with Crippen LogP contribution < -0.4 is 10.0 Å². The molecule has 1 amide bonds. The molecule has 1 aliphatic rings. The second kappa shape index (κ2) is 10.8. The maximum absolute atomic E-state index is 12.5. The minimum atomic E-state index is -3.66. The van der Waals surface area contributed by atoms with E-state index in [1.54, 1.807) is 12.1 Å². The minimum Gasteiger partial charge on any atom is -0.377 e. The zero-order valence-corrected chi connectivity index (χ0v) is 17.2. The molecule has 2 rings (SSSR count). The van der Waals surface area contributed by atoms with Gasteiger partial charge in [0.25, 0.3) is 5.91 Å². The van der Waals surface area contributed by atoms with E-state index in [4.69, 9.17) is 4.74 Å². The van der Waals surface area contributed by atoms with Gasteiger partial charge in [-0.3, -0.25) is 4.79 Å². The van der Waals surface area contributed by atoms with Crippen LogP contribution in [0.25, 0.3) is 0 Å². The minimum absolute atomic E-state index is 0.0691. The molecular formula is C20H32N2O4S. The predicted molar refractivity (Wildman–Crippen MR) is 106 cm³/mol. The molecule has 2 N–H and O–H groups in total. The first kappa shape index (κ1) is 21.9. The Balaban J connectivity index is 1.95. The third-order valence-electron chi connectivity index (χ3n) is 5.03. The molecule has 1 heterocycles. The standard InChI is InChI=1S/C20H32N2O4S/c1-3-5-8-16(4-2)14-21-20(23)17-9-6-11-19(13-17)27(24,25)22-15-18-10-7-12-26-18/h6,9,11,13,16,18,22H,3-5,7-8,10,12,14-15H2,1-2H3,(H,21,23). The molecule has 1 aromatic carbocycles. The number of rotatable bonds is 11. The van der Waals surface area contributed by atoms with Gasteiger partial charge in [-0.25, -0.2) is 13.1 Å². The van der Waals surface area contributed by atoms with Crippen molar-refractivity contribution in [1.29, 1.82) is 0 Å². The lowest BCUT2D eigenvalue weighted by Crippen LogP contribution is -2.32. The van der Waals surface area contributed by atoms with Crippen molar-refractivity contribution in [2.24, 2.45) is 5.92 Å². The van der Waals surface area contributed by atoms with Crippen LogP contribution in [0.5, 0.6) is 0 Å². The summed E-state index contributed by atoms with van der Waals surface area (Å²) in [6.07, 6.45) is 6.15. The maximum Gasteiger partial charge on any atom is 0.251 e. The Morgan fingerprint density at radius 3 is 2.81 bits per heavy atom. The van der Waals surface area contributed by atoms with Gasteiger partial charge in [-0.15, -0.1) is 0 Å². The lowest BCUT2D eigenvalue weighted by atomic mass is 9.99. The Hall–Kier alpha value is -1.44. The van der Waals surface area contributed by atoms with Crippen LogP contribution in [-0.4, -0.2) is 40.1 Å². The van der Waals surface area contributed by atoms with Gasteiger partial charge in [0.05, 0.1) is 11.0 Å². The van der Waals surface area contributed by atoms with Gasteiger partial charge in [-0.05, 0) is 43.4 Å². The van der Waals surface area contributed by atoms with Gasteiger partial charge in [-0.1, -0.05) is 39.2 Å². The van der Waals surface area contributed by atoms with Gasteiger partial charge >= 0.3 is 0 Å². The molecule has 0 aromatic heterocycles. The molecule has 0 spiro atoms. The fourth-order valence-electron chi connectivity index (χ4n) is 3.18. The fourth-order valence-corrected chi connectivity index (χ4v) is 4.29. The highest BCUT2D eigenvalue weighted by molar-refractivity contribution is 7.89. The summed E-state index contributed by atoms with van der Waals surface area (Å²) in [6.45, 7) is 5.83.